The van der Waals surface area contributed by atoms with Crippen molar-refractivity contribution in [3.8, 4) is 17.2 Å². The number of ether oxygens (including phenoxy) is 2. The number of carbonyl (C=O) groups excluding carboxylic acids is 2. The summed E-state index contributed by atoms with van der Waals surface area (Å²) in [6, 6.07) is 12.6. The van der Waals surface area contributed by atoms with Crippen LogP contribution < -0.4 is 19.8 Å². The van der Waals surface area contributed by atoms with E-state index in [2.05, 4.69) is 15.4 Å². The maximum absolute atomic E-state index is 12.4. The number of amides is 2. The fraction of sp³-hybridized carbons (Fsp3) is 0.286. The van der Waals surface area contributed by atoms with Gasteiger partial charge in [-0.15, -0.1) is 0 Å². The number of nitrogens with one attached hydrogen (secondary N) is 1. The van der Waals surface area contributed by atoms with Gasteiger partial charge in [-0.25, -0.2) is 5.43 Å². The minimum Gasteiger partial charge on any atom is -0.504 e. The number of nitrogens with zero attached hydrogens (tertiary/aromatic N) is 3. The molecule has 1 heterocycles. The number of phenols is 1. The van der Waals surface area contributed by atoms with Crippen LogP contribution in [0.4, 0.5) is 5.69 Å². The van der Waals surface area contributed by atoms with Gasteiger partial charge in [-0.2, -0.15) is 5.10 Å². The maximum Gasteiger partial charge on any atom is 0.329 e. The Bertz CT molecular complexity index is 939. The zero-order valence-electron chi connectivity index (χ0n) is 16.9. The first-order valence-corrected chi connectivity index (χ1v) is 9.41. The molecule has 0 saturated carbocycles. The molecule has 158 valence electrons. The maximum atomic E-state index is 12.4. The van der Waals surface area contributed by atoms with Crippen LogP contribution in [0.25, 0.3) is 0 Å². The van der Waals surface area contributed by atoms with E-state index in [-0.39, 0.29) is 11.5 Å². The minimum atomic E-state index is -0.834. The summed E-state index contributed by atoms with van der Waals surface area (Å²) in [6.45, 7) is 1.98. The van der Waals surface area contributed by atoms with Crippen LogP contribution in [-0.2, 0) is 9.59 Å². The standard InChI is InChI=1S/C21H24N4O5/c1-29-17-8-4-3-7-16(17)24-10-12-25(13-11-24)21(28)20(27)23-22-14-15-6-5-9-18(30-2)19(15)26/h3-9,14,26H,10-13H2,1-2H3,(H,23,27)/b22-14+. The van der Waals surface area contributed by atoms with Crippen molar-refractivity contribution in [2.75, 3.05) is 45.3 Å². The third kappa shape index (κ3) is 4.62. The summed E-state index contributed by atoms with van der Waals surface area (Å²) in [6.07, 6.45) is 1.25. The van der Waals surface area contributed by atoms with E-state index in [0.29, 0.717) is 31.7 Å². The van der Waals surface area contributed by atoms with Crippen LogP contribution in [0.15, 0.2) is 47.6 Å². The highest BCUT2D eigenvalue weighted by molar-refractivity contribution is 6.35. The average molecular weight is 412 g/mol. The normalized spacial score (nSPS) is 13.9. The van der Waals surface area contributed by atoms with Gasteiger partial charge in [-0.05, 0) is 24.3 Å². The molecule has 0 unspecified atom stereocenters. The average Bonchev–Trinajstić information content (AvgIpc) is 2.79. The predicted molar refractivity (Wildman–Crippen MR) is 112 cm³/mol. The molecule has 0 aromatic heterocycles. The number of rotatable bonds is 5. The van der Waals surface area contributed by atoms with Crippen molar-refractivity contribution in [3.63, 3.8) is 0 Å². The molecule has 2 aromatic carbocycles. The van der Waals surface area contributed by atoms with E-state index in [4.69, 9.17) is 9.47 Å². The number of anilines is 1. The Morgan fingerprint density at radius 1 is 1.00 bits per heavy atom. The molecule has 0 spiro atoms. The Labute approximate surface area is 174 Å². The lowest BCUT2D eigenvalue weighted by Gasteiger charge is -2.36. The number of phenolic OH excluding ortho intramolecular Hbond substituents is 1. The number of hydrogen-bond donors (Lipinski definition) is 2. The molecule has 0 atom stereocenters. The lowest BCUT2D eigenvalue weighted by atomic mass is 10.2. The number of para-hydroxylation sites is 3. The molecule has 2 N–H and O–H groups in total. The monoisotopic (exact) mass is 412 g/mol. The molecule has 1 saturated heterocycles. The number of carbonyl (C=O) groups is 2. The third-order valence-electron chi connectivity index (χ3n) is 4.81. The lowest BCUT2D eigenvalue weighted by molar-refractivity contribution is -0.146. The third-order valence-corrected chi connectivity index (χ3v) is 4.81. The molecule has 0 aliphatic carbocycles. The largest absolute Gasteiger partial charge is 0.504 e. The van der Waals surface area contributed by atoms with Gasteiger partial charge in [0.15, 0.2) is 11.5 Å². The lowest BCUT2D eigenvalue weighted by Crippen LogP contribution is -2.52. The van der Waals surface area contributed by atoms with Gasteiger partial charge >= 0.3 is 11.8 Å². The summed E-state index contributed by atoms with van der Waals surface area (Å²) >= 11 is 0. The van der Waals surface area contributed by atoms with Gasteiger partial charge in [0.05, 0.1) is 26.1 Å². The van der Waals surface area contributed by atoms with Gasteiger partial charge in [0.1, 0.15) is 5.75 Å². The van der Waals surface area contributed by atoms with Crippen LogP contribution in [0.5, 0.6) is 17.2 Å². The molecular formula is C21H24N4O5. The van der Waals surface area contributed by atoms with E-state index in [9.17, 15) is 14.7 Å². The molecule has 1 aliphatic rings. The molecule has 30 heavy (non-hydrogen) atoms. The number of hydrogen-bond acceptors (Lipinski definition) is 7. The SMILES string of the molecule is COc1ccccc1N1CCN(C(=O)C(=O)N/N=C/c2cccc(OC)c2O)CC1. The van der Waals surface area contributed by atoms with Gasteiger partial charge in [0.25, 0.3) is 0 Å². The second-order valence-electron chi connectivity index (χ2n) is 6.55. The van der Waals surface area contributed by atoms with Crippen molar-refractivity contribution in [2.45, 2.75) is 0 Å². The quantitative estimate of drug-likeness (QED) is 0.435. The fourth-order valence-electron chi connectivity index (χ4n) is 3.20. The second kappa shape index (κ2) is 9.64. The molecule has 3 rings (SSSR count). The van der Waals surface area contributed by atoms with Crippen LogP contribution in [0, 0.1) is 0 Å². The van der Waals surface area contributed by atoms with Crippen LogP contribution >= 0.6 is 0 Å². The molecule has 2 amide bonds. The summed E-state index contributed by atoms with van der Waals surface area (Å²) in [7, 11) is 3.05. The van der Waals surface area contributed by atoms with E-state index in [1.807, 2.05) is 24.3 Å². The Hall–Kier alpha value is -3.75. The first-order chi connectivity index (χ1) is 14.5. The van der Waals surface area contributed by atoms with E-state index in [0.717, 1.165) is 11.4 Å². The van der Waals surface area contributed by atoms with Crippen molar-refractivity contribution >= 4 is 23.7 Å². The Morgan fingerprint density at radius 2 is 1.67 bits per heavy atom. The number of methoxy groups -OCH3 is 2. The summed E-state index contributed by atoms with van der Waals surface area (Å²) in [5.74, 6) is -0.530. The van der Waals surface area contributed by atoms with Crippen LogP contribution in [0.2, 0.25) is 0 Å². The van der Waals surface area contributed by atoms with Gasteiger partial charge < -0.3 is 24.4 Å². The van der Waals surface area contributed by atoms with E-state index >= 15 is 0 Å². The molecule has 9 heteroatoms. The smallest absolute Gasteiger partial charge is 0.329 e. The molecule has 9 nitrogen and oxygen atoms in total. The van der Waals surface area contributed by atoms with Crippen molar-refractivity contribution < 1.29 is 24.2 Å². The van der Waals surface area contributed by atoms with Gasteiger partial charge in [-0.1, -0.05) is 18.2 Å². The molecule has 0 bridgehead atoms. The van der Waals surface area contributed by atoms with Gasteiger partial charge in [0.2, 0.25) is 0 Å². The number of benzene rings is 2. The highest BCUT2D eigenvalue weighted by Crippen LogP contribution is 2.29. The number of hydrazone groups is 1. The topological polar surface area (TPSA) is 104 Å². The summed E-state index contributed by atoms with van der Waals surface area (Å²) < 4.78 is 10.4. The molecule has 2 aromatic rings. The van der Waals surface area contributed by atoms with Gasteiger partial charge in [0, 0.05) is 31.7 Å². The molecule has 1 aliphatic heterocycles. The fourth-order valence-corrected chi connectivity index (χ4v) is 3.20. The van der Waals surface area contributed by atoms with E-state index in [1.54, 1.807) is 25.3 Å². The zero-order chi connectivity index (χ0) is 21.5. The molecule has 1 fully saturated rings. The Kier molecular flexibility index (Phi) is 6.74. The van der Waals surface area contributed by atoms with Crippen LogP contribution in [0.3, 0.4) is 0 Å². The summed E-state index contributed by atoms with van der Waals surface area (Å²) in [5.41, 5.74) is 3.52. The molecule has 0 radical (unpaired) electrons. The zero-order valence-corrected chi connectivity index (χ0v) is 16.9. The first kappa shape index (κ1) is 21.0. The minimum absolute atomic E-state index is 0.100. The van der Waals surface area contributed by atoms with Crippen molar-refractivity contribution in [1.82, 2.24) is 10.3 Å². The summed E-state index contributed by atoms with van der Waals surface area (Å²) in [5, 5.41) is 13.8. The Morgan fingerprint density at radius 3 is 2.37 bits per heavy atom. The van der Waals surface area contributed by atoms with Crippen molar-refractivity contribution in [1.29, 1.82) is 0 Å². The predicted octanol–water partition coefficient (Wildman–Crippen LogP) is 1.21. The number of aromatic hydroxyl groups is 1. The van der Waals surface area contributed by atoms with Crippen LogP contribution in [-0.4, -0.2) is 68.4 Å². The van der Waals surface area contributed by atoms with E-state index in [1.165, 1.54) is 18.2 Å². The van der Waals surface area contributed by atoms with Crippen LogP contribution in [0.1, 0.15) is 5.56 Å². The summed E-state index contributed by atoms with van der Waals surface area (Å²) in [4.78, 5) is 28.2. The molecular weight excluding hydrogens is 388 g/mol. The van der Waals surface area contributed by atoms with Crippen molar-refractivity contribution in [3.05, 3.63) is 48.0 Å². The Balaban J connectivity index is 1.54. The second-order valence-corrected chi connectivity index (χ2v) is 6.55. The van der Waals surface area contributed by atoms with E-state index < -0.39 is 11.8 Å². The first-order valence-electron chi connectivity index (χ1n) is 9.41. The highest BCUT2D eigenvalue weighted by Gasteiger charge is 2.26. The number of piperazine rings is 1. The van der Waals surface area contributed by atoms with Crippen molar-refractivity contribution in [2.24, 2.45) is 5.10 Å². The van der Waals surface area contributed by atoms with Gasteiger partial charge in [-0.3, -0.25) is 9.59 Å². The highest BCUT2D eigenvalue weighted by atomic mass is 16.5.